The van der Waals surface area contributed by atoms with E-state index in [0.29, 0.717) is 0 Å². The Hall–Kier alpha value is -2.47. The fourth-order valence-electron chi connectivity index (χ4n) is 2.86. The number of hydrogen-bond acceptors (Lipinski definition) is 5. The van der Waals surface area contributed by atoms with E-state index in [2.05, 4.69) is 25.8 Å². The second-order valence-electron chi connectivity index (χ2n) is 5.46. The third-order valence-electron chi connectivity index (χ3n) is 4.06. The molecule has 1 aromatic carbocycles. The Kier molecular flexibility index (Phi) is 3.23. The number of rotatable bonds is 2. The summed E-state index contributed by atoms with van der Waals surface area (Å²) in [4.78, 5) is 16.1. The molecular formula is C16H18N6. The molecular weight excluding hydrogens is 276 g/mol. The van der Waals surface area contributed by atoms with Crippen LogP contribution >= 0.6 is 0 Å². The van der Waals surface area contributed by atoms with Crippen molar-refractivity contribution in [1.82, 2.24) is 24.8 Å². The van der Waals surface area contributed by atoms with E-state index in [0.717, 1.165) is 54.7 Å². The van der Waals surface area contributed by atoms with Crippen molar-refractivity contribution in [2.75, 3.05) is 31.1 Å². The molecule has 22 heavy (non-hydrogen) atoms. The molecule has 0 spiro atoms. The molecule has 1 fully saturated rings. The normalized spacial score (nSPS) is 15.4. The zero-order valence-corrected chi connectivity index (χ0v) is 12.5. The summed E-state index contributed by atoms with van der Waals surface area (Å²) in [5, 5.41) is 3.34. The van der Waals surface area contributed by atoms with Crippen LogP contribution in [0.4, 0.5) is 5.95 Å². The van der Waals surface area contributed by atoms with Crippen LogP contribution in [-0.2, 0) is 7.05 Å². The minimum Gasteiger partial charge on any atom is -0.338 e. The van der Waals surface area contributed by atoms with Crippen LogP contribution in [0.25, 0.3) is 22.6 Å². The van der Waals surface area contributed by atoms with Gasteiger partial charge in [-0.2, -0.15) is 0 Å². The lowest BCUT2D eigenvalue weighted by molar-refractivity contribution is 0.580. The molecule has 0 bridgehead atoms. The van der Waals surface area contributed by atoms with Gasteiger partial charge in [0.2, 0.25) is 5.95 Å². The highest BCUT2D eigenvalue weighted by molar-refractivity contribution is 5.79. The van der Waals surface area contributed by atoms with Crippen LogP contribution in [0.5, 0.6) is 0 Å². The highest BCUT2D eigenvalue weighted by atomic mass is 15.3. The summed E-state index contributed by atoms with van der Waals surface area (Å²) >= 11 is 0. The van der Waals surface area contributed by atoms with Crippen molar-refractivity contribution in [2.24, 2.45) is 7.05 Å². The molecule has 3 aromatic rings. The van der Waals surface area contributed by atoms with E-state index in [1.807, 2.05) is 37.5 Å². The van der Waals surface area contributed by atoms with Gasteiger partial charge in [-0.1, -0.05) is 12.1 Å². The topological polar surface area (TPSA) is 58.9 Å². The molecule has 0 atom stereocenters. The first-order chi connectivity index (χ1) is 10.8. The Morgan fingerprint density at radius 3 is 2.68 bits per heavy atom. The van der Waals surface area contributed by atoms with Gasteiger partial charge in [-0.15, -0.1) is 0 Å². The summed E-state index contributed by atoms with van der Waals surface area (Å²) < 4.78 is 2.08. The van der Waals surface area contributed by atoms with Gasteiger partial charge >= 0.3 is 0 Å². The number of nitrogens with zero attached hydrogens (tertiary/aromatic N) is 5. The maximum absolute atomic E-state index is 4.73. The van der Waals surface area contributed by atoms with E-state index < -0.39 is 0 Å². The number of benzene rings is 1. The maximum Gasteiger partial charge on any atom is 0.226 e. The molecule has 1 aliphatic rings. The van der Waals surface area contributed by atoms with Crippen LogP contribution in [-0.4, -0.2) is 45.7 Å². The molecule has 0 aliphatic carbocycles. The van der Waals surface area contributed by atoms with Crippen molar-refractivity contribution < 1.29 is 0 Å². The first-order valence-corrected chi connectivity index (χ1v) is 7.53. The van der Waals surface area contributed by atoms with Gasteiger partial charge in [0, 0.05) is 39.4 Å². The van der Waals surface area contributed by atoms with Crippen molar-refractivity contribution in [3.63, 3.8) is 0 Å². The second-order valence-corrected chi connectivity index (χ2v) is 5.46. The monoisotopic (exact) mass is 294 g/mol. The summed E-state index contributed by atoms with van der Waals surface area (Å²) in [5.74, 6) is 1.66. The summed E-state index contributed by atoms with van der Waals surface area (Å²) in [6.07, 6.45) is 1.82. The largest absolute Gasteiger partial charge is 0.338 e. The molecule has 0 unspecified atom stereocenters. The summed E-state index contributed by atoms with van der Waals surface area (Å²) in [5.41, 5.74) is 2.96. The Bertz CT molecular complexity index is 803. The van der Waals surface area contributed by atoms with Gasteiger partial charge in [0.25, 0.3) is 0 Å². The maximum atomic E-state index is 4.73. The van der Waals surface area contributed by atoms with Crippen LogP contribution in [0.15, 0.2) is 36.5 Å². The van der Waals surface area contributed by atoms with Gasteiger partial charge in [0.05, 0.1) is 11.0 Å². The second kappa shape index (κ2) is 5.38. The molecule has 1 aliphatic heterocycles. The van der Waals surface area contributed by atoms with Gasteiger partial charge in [-0.05, 0) is 18.2 Å². The predicted molar refractivity (Wildman–Crippen MR) is 86.8 cm³/mol. The minimum atomic E-state index is 0.783. The lowest BCUT2D eigenvalue weighted by Gasteiger charge is -2.27. The molecule has 2 aromatic heterocycles. The summed E-state index contributed by atoms with van der Waals surface area (Å²) in [7, 11) is 2.03. The highest BCUT2D eigenvalue weighted by Gasteiger charge is 2.16. The molecule has 3 heterocycles. The molecule has 6 nitrogen and oxygen atoms in total. The van der Waals surface area contributed by atoms with Crippen LogP contribution in [0.1, 0.15) is 0 Å². The molecule has 0 radical (unpaired) electrons. The number of anilines is 1. The zero-order valence-electron chi connectivity index (χ0n) is 12.5. The molecule has 6 heteroatoms. The Morgan fingerprint density at radius 2 is 1.86 bits per heavy atom. The highest BCUT2D eigenvalue weighted by Crippen LogP contribution is 2.23. The molecule has 1 N–H and O–H groups in total. The number of aromatic nitrogens is 4. The van der Waals surface area contributed by atoms with Gasteiger partial charge in [-0.25, -0.2) is 15.0 Å². The number of imidazole rings is 1. The zero-order chi connectivity index (χ0) is 14.9. The van der Waals surface area contributed by atoms with E-state index in [-0.39, 0.29) is 0 Å². The van der Waals surface area contributed by atoms with E-state index in [1.54, 1.807) is 0 Å². The van der Waals surface area contributed by atoms with Gasteiger partial charge in [0.15, 0.2) is 5.82 Å². The van der Waals surface area contributed by atoms with Gasteiger partial charge in [-0.3, -0.25) is 0 Å². The standard InChI is InChI=1S/C16H18N6/c1-21-14-5-3-2-4-12(14)19-15(21)13-6-7-18-16(20-13)22-10-8-17-9-11-22/h2-7,17H,8-11H2,1H3. The number of aryl methyl sites for hydroxylation is 1. The van der Waals surface area contributed by atoms with Crippen molar-refractivity contribution in [2.45, 2.75) is 0 Å². The molecule has 0 amide bonds. The number of piperazine rings is 1. The fraction of sp³-hybridized carbons (Fsp3) is 0.312. The van der Waals surface area contributed by atoms with Crippen LogP contribution in [0.3, 0.4) is 0 Å². The van der Waals surface area contributed by atoms with Crippen molar-refractivity contribution in [3.05, 3.63) is 36.5 Å². The minimum absolute atomic E-state index is 0.783. The van der Waals surface area contributed by atoms with Crippen LogP contribution < -0.4 is 10.2 Å². The SMILES string of the molecule is Cn1c(-c2ccnc(N3CCNCC3)n2)nc2ccccc21. The van der Waals surface area contributed by atoms with E-state index in [9.17, 15) is 0 Å². The molecule has 1 saturated heterocycles. The van der Waals surface area contributed by atoms with E-state index in [1.165, 1.54) is 0 Å². The first kappa shape index (κ1) is 13.2. The Labute approximate surface area is 128 Å². The van der Waals surface area contributed by atoms with Gasteiger partial charge in [0.1, 0.15) is 5.69 Å². The predicted octanol–water partition coefficient (Wildman–Crippen LogP) is 1.44. The van der Waals surface area contributed by atoms with Crippen molar-refractivity contribution in [3.8, 4) is 11.5 Å². The lowest BCUT2D eigenvalue weighted by atomic mass is 10.3. The van der Waals surface area contributed by atoms with Crippen LogP contribution in [0, 0.1) is 0 Å². The fourth-order valence-corrected chi connectivity index (χ4v) is 2.86. The number of para-hydroxylation sites is 2. The third kappa shape index (κ3) is 2.21. The summed E-state index contributed by atoms with van der Waals surface area (Å²) in [6, 6.07) is 10.1. The third-order valence-corrected chi connectivity index (χ3v) is 4.06. The first-order valence-electron chi connectivity index (χ1n) is 7.53. The smallest absolute Gasteiger partial charge is 0.226 e. The lowest BCUT2D eigenvalue weighted by Crippen LogP contribution is -2.44. The van der Waals surface area contributed by atoms with Crippen molar-refractivity contribution in [1.29, 1.82) is 0 Å². The average molecular weight is 294 g/mol. The quantitative estimate of drug-likeness (QED) is 0.775. The summed E-state index contributed by atoms with van der Waals surface area (Å²) in [6.45, 7) is 3.82. The van der Waals surface area contributed by atoms with E-state index >= 15 is 0 Å². The average Bonchev–Trinajstić information content (AvgIpc) is 2.93. The molecule has 112 valence electrons. The number of fused-ring (bicyclic) bond motifs is 1. The number of hydrogen-bond donors (Lipinski definition) is 1. The molecule has 4 rings (SSSR count). The van der Waals surface area contributed by atoms with Gasteiger partial charge < -0.3 is 14.8 Å². The van der Waals surface area contributed by atoms with Crippen molar-refractivity contribution >= 4 is 17.0 Å². The van der Waals surface area contributed by atoms with Crippen LogP contribution in [0.2, 0.25) is 0 Å². The Morgan fingerprint density at radius 1 is 1.05 bits per heavy atom. The van der Waals surface area contributed by atoms with E-state index in [4.69, 9.17) is 9.97 Å². The molecule has 0 saturated carbocycles. The number of nitrogens with one attached hydrogen (secondary N) is 1. The Balaban J connectivity index is 1.76.